The average molecular weight is 1010 g/mol. The lowest BCUT2D eigenvalue weighted by atomic mass is 9.85. The largest absolute Gasteiger partial charge is 0.336 e. The van der Waals surface area contributed by atoms with Crippen LogP contribution in [0.3, 0.4) is 0 Å². The van der Waals surface area contributed by atoms with Crippen molar-refractivity contribution < 1.29 is 0 Å². The van der Waals surface area contributed by atoms with Crippen LogP contribution in [0, 0.1) is 40.6 Å². The van der Waals surface area contributed by atoms with E-state index in [0.717, 1.165) is 121 Å². The van der Waals surface area contributed by atoms with E-state index in [2.05, 4.69) is 240 Å². The van der Waals surface area contributed by atoms with Crippen LogP contribution in [0.25, 0.3) is 131 Å². The van der Waals surface area contributed by atoms with Crippen LogP contribution in [0.5, 0.6) is 0 Å². The summed E-state index contributed by atoms with van der Waals surface area (Å²) >= 11 is 0. The molecule has 5 heterocycles. The van der Waals surface area contributed by atoms with E-state index in [1.165, 1.54) is 0 Å². The Hall–Kier alpha value is -11.5. The van der Waals surface area contributed by atoms with Gasteiger partial charge in [-0.15, -0.1) is 0 Å². The molecule has 0 atom stereocenters. The lowest BCUT2D eigenvalue weighted by molar-refractivity contribution is 0.867. The molecule has 0 spiro atoms. The van der Waals surface area contributed by atoms with Gasteiger partial charge in [0, 0.05) is 77.4 Å². The van der Waals surface area contributed by atoms with Crippen LogP contribution in [0.1, 0.15) is 22.5 Å². The average Bonchev–Trinajstić information content (AvgIpc) is 3.63. The number of fused-ring (bicyclic) bond motifs is 12. The number of hydrogen-bond donors (Lipinski definition) is 0. The molecule has 5 aromatic heterocycles. The highest BCUT2D eigenvalue weighted by molar-refractivity contribution is 6.16. The van der Waals surface area contributed by atoms with Gasteiger partial charge in [0.2, 0.25) is 0 Å². The molecule has 9 nitrogen and oxygen atoms in total. The number of rotatable bonds is 7. The number of aromatic nitrogens is 5. The highest BCUT2D eigenvalue weighted by atomic mass is 15.1. The summed E-state index contributed by atoms with van der Waals surface area (Å²) in [5.41, 5.74) is 14.3. The van der Waals surface area contributed by atoms with E-state index in [4.69, 9.17) is 6.57 Å². The van der Waals surface area contributed by atoms with E-state index in [1.54, 1.807) is 18.2 Å². The van der Waals surface area contributed by atoms with Crippen molar-refractivity contribution in [3.63, 3.8) is 0 Å². The summed E-state index contributed by atoms with van der Waals surface area (Å²) in [6, 6.07) is 84.1. The topological polar surface area (TPSA) is 108 Å². The van der Waals surface area contributed by atoms with Crippen molar-refractivity contribution in [2.24, 2.45) is 0 Å². The maximum atomic E-state index is 11.0. The fraction of sp³-hybridized carbons (Fsp3) is 0.0143. The zero-order chi connectivity index (χ0) is 52.9. The number of hydrogen-bond acceptors (Lipinski definition) is 4. The Morgan fingerprint density at radius 3 is 1.03 bits per heavy atom. The Balaban J connectivity index is 1.33. The summed E-state index contributed by atoms with van der Waals surface area (Å²) in [7, 11) is 0. The molecule has 364 valence electrons. The second kappa shape index (κ2) is 17.6. The first-order valence-corrected chi connectivity index (χ1v) is 26.0. The van der Waals surface area contributed by atoms with E-state index < -0.39 is 0 Å². The van der Waals surface area contributed by atoms with Crippen molar-refractivity contribution in [1.29, 1.82) is 15.8 Å². The van der Waals surface area contributed by atoms with Gasteiger partial charge in [-0.3, -0.25) is 0 Å². The summed E-state index contributed by atoms with van der Waals surface area (Å²) in [5.74, 6) is 0. The molecule has 0 unspecified atom stereocenters. The molecule has 0 N–H and O–H groups in total. The third-order valence-electron chi connectivity index (χ3n) is 15.7. The molecule has 0 fully saturated rings. The number of benzene rings is 10. The molecule has 0 saturated heterocycles. The minimum absolute atomic E-state index is 0.0817. The van der Waals surface area contributed by atoms with Gasteiger partial charge in [-0.05, 0) is 95.6 Å². The standard InChI is InChI=1S/C70H39N9/c1-74-46-35-43(39-71)34-44(36-46)66-57(42-76-58-26-10-2-18-49(58)50-19-3-11-27-59(50)76)67(45-37-47(40-72)75-48(38-45)41-73)69(78-62-30-14-6-22-53(62)54-23-7-15-31-63(54)78)70(79-64-32-16-8-24-55(64)56-25-9-17-33-65(56)79)68(66)77-60-28-12-4-20-51(60)52-21-5-13-29-61(52)77/h2-38H,42H2. The van der Waals surface area contributed by atoms with Crippen molar-refractivity contribution in [3.8, 4) is 57.5 Å². The summed E-state index contributed by atoms with van der Waals surface area (Å²) in [4.78, 5) is 8.62. The smallest absolute Gasteiger partial charge is 0.189 e. The quantitative estimate of drug-likeness (QED) is 0.148. The molecule has 0 amide bonds. The second-order valence-corrected chi connectivity index (χ2v) is 19.8. The highest BCUT2D eigenvalue weighted by Gasteiger charge is 2.35. The summed E-state index contributed by atoms with van der Waals surface area (Å²) < 4.78 is 9.52. The molecule has 15 rings (SSSR count). The third kappa shape index (κ3) is 6.62. The van der Waals surface area contributed by atoms with Crippen LogP contribution < -0.4 is 0 Å². The maximum absolute atomic E-state index is 11.0. The van der Waals surface area contributed by atoms with Crippen LogP contribution in [0.15, 0.2) is 224 Å². The van der Waals surface area contributed by atoms with Crippen molar-refractivity contribution in [2.75, 3.05) is 0 Å². The minimum atomic E-state index is 0.0817. The van der Waals surface area contributed by atoms with Gasteiger partial charge >= 0.3 is 0 Å². The first-order valence-electron chi connectivity index (χ1n) is 26.0. The fourth-order valence-electron chi connectivity index (χ4n) is 12.7. The van der Waals surface area contributed by atoms with Crippen LogP contribution in [-0.4, -0.2) is 23.3 Å². The monoisotopic (exact) mass is 1010 g/mol. The van der Waals surface area contributed by atoms with Gasteiger partial charge in [0.05, 0.1) is 62.8 Å². The highest BCUT2D eigenvalue weighted by Crippen LogP contribution is 2.53. The van der Waals surface area contributed by atoms with Crippen LogP contribution in [0.4, 0.5) is 5.69 Å². The molecule has 0 aliphatic rings. The minimum Gasteiger partial charge on any atom is -0.336 e. The molecule has 0 aliphatic carbocycles. The van der Waals surface area contributed by atoms with Crippen LogP contribution in [0.2, 0.25) is 0 Å². The van der Waals surface area contributed by atoms with E-state index in [-0.39, 0.29) is 17.9 Å². The maximum Gasteiger partial charge on any atom is 0.189 e. The third-order valence-corrected chi connectivity index (χ3v) is 15.7. The van der Waals surface area contributed by atoms with Crippen molar-refractivity contribution >= 4 is 92.9 Å². The lowest BCUT2D eigenvalue weighted by Gasteiger charge is -2.31. The number of nitrogens with zero attached hydrogens (tertiary/aromatic N) is 9. The molecule has 0 saturated carbocycles. The predicted octanol–water partition coefficient (Wildman–Crippen LogP) is 17.0. The van der Waals surface area contributed by atoms with E-state index >= 15 is 0 Å². The normalized spacial score (nSPS) is 11.5. The molecule has 9 heteroatoms. The number of pyridine rings is 1. The van der Waals surface area contributed by atoms with Gasteiger partial charge in [-0.1, -0.05) is 146 Å². The van der Waals surface area contributed by atoms with Gasteiger partial charge in [-0.25, -0.2) is 9.83 Å². The zero-order valence-electron chi connectivity index (χ0n) is 42.1. The summed E-state index contributed by atoms with van der Waals surface area (Å²) in [6.45, 7) is 8.84. The first kappa shape index (κ1) is 44.9. The van der Waals surface area contributed by atoms with E-state index in [9.17, 15) is 15.8 Å². The molecule has 0 bridgehead atoms. The first-order chi connectivity index (χ1) is 39.0. The number of nitriles is 3. The Bertz CT molecular complexity index is 4810. The molecular formula is C70H39N9. The van der Waals surface area contributed by atoms with E-state index in [1.807, 2.05) is 12.1 Å². The van der Waals surface area contributed by atoms with Crippen molar-refractivity contribution in [3.05, 3.63) is 258 Å². The Morgan fingerprint density at radius 1 is 0.367 bits per heavy atom. The molecular weight excluding hydrogens is 967 g/mol. The van der Waals surface area contributed by atoms with Gasteiger partial charge in [0.15, 0.2) is 5.69 Å². The predicted molar refractivity (Wildman–Crippen MR) is 317 cm³/mol. The number of para-hydroxylation sites is 8. The second-order valence-electron chi connectivity index (χ2n) is 19.8. The zero-order valence-corrected chi connectivity index (χ0v) is 42.1. The Morgan fingerprint density at radius 2 is 0.684 bits per heavy atom. The van der Waals surface area contributed by atoms with Gasteiger partial charge in [0.1, 0.15) is 23.5 Å². The molecule has 15 aromatic rings. The van der Waals surface area contributed by atoms with Gasteiger partial charge in [-0.2, -0.15) is 15.8 Å². The van der Waals surface area contributed by atoms with Crippen molar-refractivity contribution in [2.45, 2.75) is 6.54 Å². The van der Waals surface area contributed by atoms with E-state index in [0.29, 0.717) is 22.4 Å². The Labute approximate surface area is 452 Å². The van der Waals surface area contributed by atoms with Crippen LogP contribution >= 0.6 is 0 Å². The lowest BCUT2D eigenvalue weighted by Crippen LogP contribution is -2.16. The van der Waals surface area contributed by atoms with Crippen LogP contribution in [-0.2, 0) is 6.54 Å². The summed E-state index contributed by atoms with van der Waals surface area (Å²) in [5, 5.41) is 41.3. The van der Waals surface area contributed by atoms with Crippen molar-refractivity contribution in [1.82, 2.24) is 23.3 Å². The summed E-state index contributed by atoms with van der Waals surface area (Å²) in [6.07, 6.45) is 0. The molecule has 10 aromatic carbocycles. The van der Waals surface area contributed by atoms with Gasteiger partial charge in [0.25, 0.3) is 0 Å². The molecule has 0 radical (unpaired) electrons. The molecule has 79 heavy (non-hydrogen) atoms. The fourth-order valence-corrected chi connectivity index (χ4v) is 12.7. The SMILES string of the molecule is [C-]#[N+]c1cc(C#N)cc(-c2c(Cn3c4ccccc4c4ccccc43)c(-c3cc(C#N)nc(C#N)c3)c(-n3c4ccccc4c4ccccc43)c(-n3c4ccccc4c4ccccc43)c2-n2c3ccccc3c3ccccc32)c1. The Kier molecular flexibility index (Phi) is 9.99. The molecule has 0 aliphatic heterocycles. The van der Waals surface area contributed by atoms with Gasteiger partial charge < -0.3 is 18.3 Å².